The Morgan fingerprint density at radius 3 is 1.04 bits per heavy atom. The zero-order chi connectivity index (χ0) is 35.0. The molecule has 52 heavy (non-hydrogen) atoms. The van der Waals surface area contributed by atoms with E-state index in [1.807, 2.05) is 42.5 Å². The number of fused-ring (bicyclic) bond motifs is 8. The molecule has 0 spiro atoms. The van der Waals surface area contributed by atoms with Gasteiger partial charge in [0, 0.05) is 56.9 Å². The van der Waals surface area contributed by atoms with E-state index in [1.165, 1.54) is 6.92 Å². The molecule has 6 heteroatoms. The van der Waals surface area contributed by atoms with Gasteiger partial charge in [-0.15, -0.1) is 0 Å². The van der Waals surface area contributed by atoms with Crippen molar-refractivity contribution in [2.24, 2.45) is 0 Å². The number of amides is 1. The smallest absolute Gasteiger partial charge is 0.221 e. The summed E-state index contributed by atoms with van der Waals surface area (Å²) < 4.78 is 0. The van der Waals surface area contributed by atoms with Gasteiger partial charge >= 0.3 is 0 Å². The minimum absolute atomic E-state index is 0.111. The lowest BCUT2D eigenvalue weighted by Crippen LogP contribution is -2.05. The van der Waals surface area contributed by atoms with Crippen molar-refractivity contribution in [3.05, 3.63) is 162 Å². The van der Waals surface area contributed by atoms with Crippen LogP contribution >= 0.6 is 0 Å². The predicted octanol–water partition coefficient (Wildman–Crippen LogP) is 11.3. The first-order chi connectivity index (χ1) is 25.6. The summed E-state index contributed by atoms with van der Waals surface area (Å²) in [7, 11) is 0. The lowest BCUT2D eigenvalue weighted by Gasteiger charge is -2.08. The van der Waals surface area contributed by atoms with Crippen LogP contribution in [0, 0.1) is 0 Å². The second-order valence-electron chi connectivity index (χ2n) is 12.9. The maximum atomic E-state index is 11.8. The van der Waals surface area contributed by atoms with Crippen LogP contribution in [0.15, 0.2) is 140 Å². The summed E-state index contributed by atoms with van der Waals surface area (Å²) in [6.45, 7) is 1.51. The van der Waals surface area contributed by atoms with Gasteiger partial charge in [0.2, 0.25) is 5.91 Å². The maximum absolute atomic E-state index is 11.8. The summed E-state index contributed by atoms with van der Waals surface area (Å²) in [6, 6.07) is 47.7. The van der Waals surface area contributed by atoms with Gasteiger partial charge in [0.25, 0.3) is 0 Å². The Kier molecular flexibility index (Phi) is 7.75. The Hall–Kier alpha value is -7.05. The monoisotopic (exact) mass is 671 g/mol. The van der Waals surface area contributed by atoms with Crippen LogP contribution in [0.1, 0.15) is 29.7 Å². The molecule has 6 nitrogen and oxygen atoms in total. The van der Waals surface area contributed by atoms with Crippen LogP contribution < -0.4 is 5.32 Å². The van der Waals surface area contributed by atoms with E-state index in [4.69, 9.17) is 9.97 Å². The molecule has 5 heterocycles. The largest absolute Gasteiger partial charge is 0.354 e. The Bertz CT molecular complexity index is 2670. The number of hydrogen-bond acceptors (Lipinski definition) is 3. The summed E-state index contributed by atoms with van der Waals surface area (Å²) in [6.07, 6.45) is 8.41. The highest BCUT2D eigenvalue weighted by molar-refractivity contribution is 6.00. The third kappa shape index (κ3) is 5.72. The Balaban J connectivity index is 1.44. The number of aromatic amines is 2. The van der Waals surface area contributed by atoms with Gasteiger partial charge in [-0.3, -0.25) is 4.79 Å². The van der Waals surface area contributed by atoms with Crippen molar-refractivity contribution in [1.29, 1.82) is 0 Å². The third-order valence-corrected chi connectivity index (χ3v) is 9.44. The zero-order valence-electron chi connectivity index (χ0n) is 28.4. The van der Waals surface area contributed by atoms with E-state index in [9.17, 15) is 4.79 Å². The van der Waals surface area contributed by atoms with Crippen LogP contribution in [-0.2, 0) is 4.79 Å². The first kappa shape index (κ1) is 31.0. The zero-order valence-corrected chi connectivity index (χ0v) is 28.4. The van der Waals surface area contributed by atoms with Crippen molar-refractivity contribution >= 4 is 58.0 Å². The second-order valence-corrected chi connectivity index (χ2v) is 12.9. The van der Waals surface area contributed by atoms with E-state index in [2.05, 4.69) is 137 Å². The van der Waals surface area contributed by atoms with Gasteiger partial charge in [0.15, 0.2) is 0 Å². The first-order valence-corrected chi connectivity index (χ1v) is 17.3. The number of rotatable bonds is 5. The van der Waals surface area contributed by atoms with Crippen molar-refractivity contribution in [2.75, 3.05) is 5.32 Å². The molecule has 1 amide bonds. The number of benzene rings is 4. The van der Waals surface area contributed by atoms with Gasteiger partial charge in [0.1, 0.15) is 0 Å². The minimum Gasteiger partial charge on any atom is -0.354 e. The molecule has 8 bridgehead atoms. The molecule has 3 aromatic heterocycles. The van der Waals surface area contributed by atoms with Crippen LogP contribution in [0.25, 0.3) is 90.9 Å². The number of carbonyl (C=O) groups excluding carboxylic acids is 1. The molecule has 2 aliphatic rings. The standard InChI is InChI=1S/C46H33N5O/c1-29(52)47-34-19-17-33(18-20-34)46-41-27-25-39(50-41)44(31-13-7-3-8-14-31)37-23-21-35(48-37)43(30-11-5-2-6-12-30)36-22-24-38(49-36)45(32-15-9-4-10-16-32)40-26-28-42(46)51-40/h2-28,48,51H,1H3,(H,47,52). The third-order valence-electron chi connectivity index (χ3n) is 9.44. The van der Waals surface area contributed by atoms with Crippen LogP contribution in [-0.4, -0.2) is 25.8 Å². The van der Waals surface area contributed by atoms with E-state index in [0.717, 1.165) is 95.0 Å². The summed E-state index contributed by atoms with van der Waals surface area (Å²) in [5.74, 6) is -0.111. The molecule has 248 valence electrons. The SMILES string of the molecule is CC(=O)Nc1ccc(-c2c3nc(c(-c4ccccc4)c4ccc([nH]4)c(-c4ccccc4)c4nc(c(-c5ccccc5)c5ccc2[nH]5)C=C4)C=C3)cc1. The van der Waals surface area contributed by atoms with Gasteiger partial charge in [-0.25, -0.2) is 9.97 Å². The van der Waals surface area contributed by atoms with Crippen molar-refractivity contribution in [3.8, 4) is 44.5 Å². The second kappa shape index (κ2) is 13.0. The first-order valence-electron chi connectivity index (χ1n) is 17.3. The molecular formula is C46H33N5O. The topological polar surface area (TPSA) is 86.5 Å². The molecule has 7 aromatic rings. The highest BCUT2D eigenvalue weighted by Gasteiger charge is 2.18. The van der Waals surface area contributed by atoms with Gasteiger partial charge in [0.05, 0.1) is 22.8 Å². The quantitative estimate of drug-likeness (QED) is 0.170. The Labute approximate surface area is 300 Å². The normalized spacial score (nSPS) is 11.9. The molecule has 0 atom stereocenters. The van der Waals surface area contributed by atoms with Gasteiger partial charge in [-0.1, -0.05) is 103 Å². The van der Waals surface area contributed by atoms with E-state index >= 15 is 0 Å². The number of aromatic nitrogens is 4. The summed E-state index contributed by atoms with van der Waals surface area (Å²) >= 11 is 0. The molecular weight excluding hydrogens is 639 g/mol. The van der Waals surface area contributed by atoms with Crippen molar-refractivity contribution in [3.63, 3.8) is 0 Å². The lowest BCUT2D eigenvalue weighted by molar-refractivity contribution is -0.114. The summed E-state index contributed by atoms with van der Waals surface area (Å²) in [5, 5.41) is 2.89. The number of carbonyl (C=O) groups is 1. The van der Waals surface area contributed by atoms with Crippen molar-refractivity contribution in [2.45, 2.75) is 6.92 Å². The average molecular weight is 672 g/mol. The maximum Gasteiger partial charge on any atom is 0.221 e. The highest BCUT2D eigenvalue weighted by Crippen LogP contribution is 2.38. The number of anilines is 1. The molecule has 4 aromatic carbocycles. The molecule has 0 radical (unpaired) electrons. The fourth-order valence-electron chi connectivity index (χ4n) is 7.16. The fourth-order valence-corrected chi connectivity index (χ4v) is 7.16. The Morgan fingerprint density at radius 2 is 0.731 bits per heavy atom. The predicted molar refractivity (Wildman–Crippen MR) is 215 cm³/mol. The number of hydrogen-bond donors (Lipinski definition) is 3. The van der Waals surface area contributed by atoms with E-state index in [0.29, 0.717) is 0 Å². The summed E-state index contributed by atoms with van der Waals surface area (Å²) in [5.41, 5.74) is 16.1. The van der Waals surface area contributed by atoms with Crippen LogP contribution in [0.2, 0.25) is 0 Å². The van der Waals surface area contributed by atoms with E-state index in [-0.39, 0.29) is 5.91 Å². The summed E-state index contributed by atoms with van der Waals surface area (Å²) in [4.78, 5) is 30.1. The van der Waals surface area contributed by atoms with E-state index < -0.39 is 0 Å². The molecule has 0 saturated carbocycles. The molecule has 2 aliphatic heterocycles. The van der Waals surface area contributed by atoms with E-state index in [1.54, 1.807) is 0 Å². The van der Waals surface area contributed by atoms with Crippen LogP contribution in [0.5, 0.6) is 0 Å². The van der Waals surface area contributed by atoms with Gasteiger partial charge in [-0.2, -0.15) is 0 Å². The van der Waals surface area contributed by atoms with Gasteiger partial charge < -0.3 is 15.3 Å². The van der Waals surface area contributed by atoms with Crippen molar-refractivity contribution < 1.29 is 4.79 Å². The Morgan fingerprint density at radius 1 is 0.423 bits per heavy atom. The molecule has 0 unspecified atom stereocenters. The van der Waals surface area contributed by atoms with Gasteiger partial charge in [-0.05, 0) is 83.0 Å². The number of nitrogens with one attached hydrogen (secondary N) is 3. The number of nitrogens with zero attached hydrogens (tertiary/aromatic N) is 2. The molecule has 9 rings (SSSR count). The van der Waals surface area contributed by atoms with Crippen molar-refractivity contribution in [1.82, 2.24) is 19.9 Å². The molecule has 3 N–H and O–H groups in total. The number of H-pyrrole nitrogens is 2. The lowest BCUT2D eigenvalue weighted by atomic mass is 10.0. The molecule has 0 aliphatic carbocycles. The fraction of sp³-hybridized carbons (Fsp3) is 0.0217. The van der Waals surface area contributed by atoms with Crippen LogP contribution in [0.4, 0.5) is 5.69 Å². The van der Waals surface area contributed by atoms with Crippen LogP contribution in [0.3, 0.4) is 0 Å². The molecule has 0 saturated heterocycles. The average Bonchev–Trinajstić information content (AvgIpc) is 4.01. The minimum atomic E-state index is -0.111. The molecule has 0 fully saturated rings. The highest BCUT2D eigenvalue weighted by atomic mass is 16.1.